The number of para-hydroxylation sites is 2. The van der Waals surface area contributed by atoms with Crippen molar-refractivity contribution in [3.8, 4) is 0 Å². The molecule has 12 nitrogen and oxygen atoms in total. The van der Waals surface area contributed by atoms with Gasteiger partial charge in [0.1, 0.15) is 13.3 Å². The SMILES string of the molecule is O=NN(CCN(CN1C(=O)C(=O)c2ccccc21)N=O)CN1C(=O)C(=O)c2ccccc21. The van der Waals surface area contributed by atoms with E-state index in [1.165, 1.54) is 12.1 Å². The fourth-order valence-electron chi connectivity index (χ4n) is 3.61. The van der Waals surface area contributed by atoms with Crippen LogP contribution in [0.1, 0.15) is 20.7 Å². The summed E-state index contributed by atoms with van der Waals surface area (Å²) in [6.07, 6.45) is 0. The number of Topliss-reactive ketones (excluding diaryl/α,β-unsaturated/α-hetero) is 2. The fraction of sp³-hybridized carbons (Fsp3) is 0.200. The Morgan fingerprint density at radius 2 is 1.00 bits per heavy atom. The molecule has 162 valence electrons. The maximum atomic E-state index is 12.3. The van der Waals surface area contributed by atoms with E-state index in [1.54, 1.807) is 36.4 Å². The van der Waals surface area contributed by atoms with Crippen molar-refractivity contribution in [3.63, 3.8) is 0 Å². The van der Waals surface area contributed by atoms with E-state index < -0.39 is 23.4 Å². The lowest BCUT2D eigenvalue weighted by Gasteiger charge is -2.26. The van der Waals surface area contributed by atoms with Gasteiger partial charge in [-0.25, -0.2) is 10.0 Å². The van der Waals surface area contributed by atoms with Gasteiger partial charge in [-0.05, 0) is 24.3 Å². The molecule has 2 aromatic rings. The second-order valence-electron chi connectivity index (χ2n) is 7.07. The van der Waals surface area contributed by atoms with Crippen molar-refractivity contribution >= 4 is 34.8 Å². The number of amides is 2. The van der Waals surface area contributed by atoms with Crippen LogP contribution in [0.2, 0.25) is 0 Å². The fourth-order valence-corrected chi connectivity index (χ4v) is 3.61. The number of fused-ring (bicyclic) bond motifs is 2. The first kappa shape index (κ1) is 20.8. The van der Waals surface area contributed by atoms with Crippen molar-refractivity contribution in [3.05, 3.63) is 69.5 Å². The van der Waals surface area contributed by atoms with Gasteiger partial charge in [0, 0.05) is 0 Å². The summed E-state index contributed by atoms with van der Waals surface area (Å²) in [6.45, 7) is -0.872. The van der Waals surface area contributed by atoms with Gasteiger partial charge in [0.15, 0.2) is 0 Å². The van der Waals surface area contributed by atoms with Gasteiger partial charge >= 0.3 is 11.8 Å². The van der Waals surface area contributed by atoms with Crippen LogP contribution >= 0.6 is 0 Å². The molecular weight excluding hydrogens is 420 g/mol. The van der Waals surface area contributed by atoms with Gasteiger partial charge in [0.05, 0.1) is 46.2 Å². The number of rotatable bonds is 9. The molecular formula is C20H16N6O6. The van der Waals surface area contributed by atoms with Gasteiger partial charge in [0.25, 0.3) is 11.6 Å². The molecule has 0 spiro atoms. The van der Waals surface area contributed by atoms with Crippen LogP contribution in [0.25, 0.3) is 0 Å². The molecule has 0 bridgehead atoms. The molecule has 2 aliphatic heterocycles. The molecule has 2 aromatic carbocycles. The van der Waals surface area contributed by atoms with Gasteiger partial charge in [-0.1, -0.05) is 24.3 Å². The summed E-state index contributed by atoms with van der Waals surface area (Å²) in [5.74, 6) is -2.94. The molecule has 0 fully saturated rings. The van der Waals surface area contributed by atoms with Crippen LogP contribution in [0.4, 0.5) is 11.4 Å². The van der Waals surface area contributed by atoms with Crippen molar-refractivity contribution in [1.82, 2.24) is 10.0 Å². The number of anilines is 2. The van der Waals surface area contributed by atoms with E-state index in [2.05, 4.69) is 10.6 Å². The van der Waals surface area contributed by atoms with Crippen molar-refractivity contribution in [1.29, 1.82) is 0 Å². The maximum absolute atomic E-state index is 12.3. The molecule has 12 heteroatoms. The quantitative estimate of drug-likeness (QED) is 0.326. The van der Waals surface area contributed by atoms with Crippen molar-refractivity contribution in [2.45, 2.75) is 0 Å². The zero-order valence-corrected chi connectivity index (χ0v) is 16.6. The van der Waals surface area contributed by atoms with Crippen LogP contribution in [-0.2, 0) is 9.59 Å². The monoisotopic (exact) mass is 436 g/mol. The van der Waals surface area contributed by atoms with Crippen LogP contribution in [0.5, 0.6) is 0 Å². The average Bonchev–Trinajstić information content (AvgIpc) is 3.21. The Bertz CT molecular complexity index is 1060. The van der Waals surface area contributed by atoms with E-state index in [-0.39, 0.29) is 37.6 Å². The summed E-state index contributed by atoms with van der Waals surface area (Å²) in [5, 5.41) is 7.63. The predicted octanol–water partition coefficient (Wildman–Crippen LogP) is 1.33. The van der Waals surface area contributed by atoms with Crippen LogP contribution in [-0.4, -0.2) is 59.8 Å². The molecule has 0 saturated carbocycles. The Hall–Kier alpha value is -4.48. The molecule has 0 N–H and O–H groups in total. The lowest BCUT2D eigenvalue weighted by Crippen LogP contribution is -2.43. The Balaban J connectivity index is 1.42. The van der Waals surface area contributed by atoms with Crippen molar-refractivity contribution < 1.29 is 19.2 Å². The van der Waals surface area contributed by atoms with Gasteiger partial charge in [0.2, 0.25) is 0 Å². The van der Waals surface area contributed by atoms with Crippen LogP contribution in [0, 0.1) is 9.81 Å². The van der Waals surface area contributed by atoms with Crippen LogP contribution in [0.15, 0.2) is 59.1 Å². The largest absolute Gasteiger partial charge is 0.301 e. The number of nitroso groups, excluding NO2 is 2. The number of nitrogens with zero attached hydrogens (tertiary/aromatic N) is 6. The molecule has 32 heavy (non-hydrogen) atoms. The highest BCUT2D eigenvalue weighted by atomic mass is 16.3. The number of benzene rings is 2. The minimum absolute atomic E-state index is 0.132. The lowest BCUT2D eigenvalue weighted by atomic mass is 10.1. The Labute approximate surface area is 180 Å². The highest BCUT2D eigenvalue weighted by Gasteiger charge is 2.38. The Morgan fingerprint density at radius 1 is 0.625 bits per heavy atom. The molecule has 0 aromatic heterocycles. The molecule has 0 saturated heterocycles. The van der Waals surface area contributed by atoms with Crippen LogP contribution < -0.4 is 9.80 Å². The normalized spacial score (nSPS) is 14.5. The van der Waals surface area contributed by atoms with Gasteiger partial charge < -0.3 is 0 Å². The third kappa shape index (κ3) is 3.47. The van der Waals surface area contributed by atoms with E-state index in [4.69, 9.17) is 0 Å². The molecule has 2 amide bonds. The number of carbonyl (C=O) groups excluding carboxylic acids is 4. The van der Waals surface area contributed by atoms with Gasteiger partial charge in [-0.3, -0.25) is 29.0 Å². The average molecular weight is 436 g/mol. The summed E-state index contributed by atoms with van der Waals surface area (Å²) < 4.78 is 0. The molecule has 2 heterocycles. The second-order valence-corrected chi connectivity index (χ2v) is 7.07. The van der Waals surface area contributed by atoms with Crippen molar-refractivity contribution in [2.75, 3.05) is 36.2 Å². The Morgan fingerprint density at radius 3 is 1.38 bits per heavy atom. The first-order valence-corrected chi connectivity index (χ1v) is 9.53. The lowest BCUT2D eigenvalue weighted by molar-refractivity contribution is -0.115. The summed E-state index contributed by atoms with van der Waals surface area (Å²) >= 11 is 0. The van der Waals surface area contributed by atoms with E-state index in [1.807, 2.05) is 0 Å². The topological polar surface area (TPSA) is 140 Å². The van der Waals surface area contributed by atoms with E-state index in [9.17, 15) is 29.0 Å². The smallest absolute Gasteiger partial charge is 0.285 e. The minimum Gasteiger partial charge on any atom is -0.285 e. The number of hydrogen-bond donors (Lipinski definition) is 0. The third-order valence-electron chi connectivity index (χ3n) is 5.21. The number of ketones is 2. The number of hydrogen-bond acceptors (Lipinski definition) is 8. The maximum Gasteiger partial charge on any atom is 0.301 e. The molecule has 0 radical (unpaired) electrons. The summed E-state index contributed by atoms with van der Waals surface area (Å²) in [6, 6.07) is 12.7. The summed E-state index contributed by atoms with van der Waals surface area (Å²) in [5.41, 5.74) is 1.18. The number of carbonyl (C=O) groups is 4. The molecule has 2 aliphatic rings. The highest BCUT2D eigenvalue weighted by molar-refractivity contribution is 6.52. The molecule has 0 atom stereocenters. The second kappa shape index (κ2) is 8.34. The third-order valence-corrected chi connectivity index (χ3v) is 5.21. The van der Waals surface area contributed by atoms with Gasteiger partial charge in [-0.15, -0.1) is 9.81 Å². The van der Waals surface area contributed by atoms with Crippen molar-refractivity contribution in [2.24, 2.45) is 10.6 Å². The first-order valence-electron chi connectivity index (χ1n) is 9.53. The summed E-state index contributed by atoms with van der Waals surface area (Å²) in [7, 11) is 0. The first-order chi connectivity index (χ1) is 15.5. The highest BCUT2D eigenvalue weighted by Crippen LogP contribution is 2.29. The zero-order chi connectivity index (χ0) is 22.8. The van der Waals surface area contributed by atoms with Gasteiger partial charge in [-0.2, -0.15) is 0 Å². The molecule has 0 aliphatic carbocycles. The predicted molar refractivity (Wildman–Crippen MR) is 111 cm³/mol. The van der Waals surface area contributed by atoms with Crippen LogP contribution in [0.3, 0.4) is 0 Å². The molecule has 4 rings (SSSR count). The molecule has 0 unspecified atom stereocenters. The Kier molecular flexibility index (Phi) is 5.41. The van der Waals surface area contributed by atoms with E-state index in [0.717, 1.165) is 19.8 Å². The van der Waals surface area contributed by atoms with E-state index in [0.29, 0.717) is 11.4 Å². The summed E-state index contributed by atoms with van der Waals surface area (Å²) in [4.78, 5) is 73.6. The minimum atomic E-state index is -0.789. The zero-order valence-electron chi connectivity index (χ0n) is 16.6. The van der Waals surface area contributed by atoms with E-state index >= 15 is 0 Å². The standard InChI is InChI=1S/C20H16N6O6/c27-17-13-5-1-3-7-15(13)25(19(17)29)11-23(21-31)9-10-24(22-32)12-26-16-8-4-2-6-14(16)18(28)20(26)30/h1-8H,9-12H2.